The Bertz CT molecular complexity index is 653. The van der Waals surface area contributed by atoms with Gasteiger partial charge in [0.1, 0.15) is 10.8 Å². The lowest BCUT2D eigenvalue weighted by molar-refractivity contribution is 0.606. The Hall–Kier alpha value is -1.22. The van der Waals surface area contributed by atoms with Gasteiger partial charge in [0, 0.05) is 18.0 Å². The maximum absolute atomic E-state index is 13.6. The summed E-state index contributed by atoms with van der Waals surface area (Å²) in [4.78, 5) is 10.3. The van der Waals surface area contributed by atoms with Crippen LogP contribution in [0.1, 0.15) is 28.1 Å². The van der Waals surface area contributed by atoms with Crippen LogP contribution in [-0.4, -0.2) is 24.0 Å². The largest absolute Gasteiger partial charge is 0.357 e. The summed E-state index contributed by atoms with van der Waals surface area (Å²) >= 11 is 1.67. The van der Waals surface area contributed by atoms with Crippen LogP contribution in [0.4, 0.5) is 4.39 Å². The molecule has 0 bridgehead atoms. The van der Waals surface area contributed by atoms with Crippen LogP contribution in [0.15, 0.2) is 29.3 Å². The number of nitrogens with one attached hydrogen (secondary N) is 2. The minimum atomic E-state index is -0.162. The van der Waals surface area contributed by atoms with Crippen LogP contribution < -0.4 is 10.6 Å². The summed E-state index contributed by atoms with van der Waals surface area (Å²) < 4.78 is 13.6. The summed E-state index contributed by atoms with van der Waals surface area (Å²) in [6.45, 7) is 8.05. The molecule has 0 spiro atoms. The van der Waals surface area contributed by atoms with E-state index >= 15 is 0 Å². The van der Waals surface area contributed by atoms with Crippen LogP contribution in [0.2, 0.25) is 0 Å². The Morgan fingerprint density at radius 1 is 1.25 bits per heavy atom. The highest BCUT2D eigenvalue weighted by atomic mass is 127. The molecule has 0 aliphatic rings. The van der Waals surface area contributed by atoms with E-state index in [9.17, 15) is 4.39 Å². The highest BCUT2D eigenvalue weighted by molar-refractivity contribution is 14.0. The molecule has 0 atom stereocenters. The molecule has 132 valence electrons. The smallest absolute Gasteiger partial charge is 0.191 e. The summed E-state index contributed by atoms with van der Waals surface area (Å²) in [5, 5.41) is 7.44. The number of halogens is 2. The molecule has 0 fully saturated rings. The van der Waals surface area contributed by atoms with E-state index in [4.69, 9.17) is 0 Å². The summed E-state index contributed by atoms with van der Waals surface area (Å²) in [5.74, 6) is 0.569. The highest BCUT2D eigenvalue weighted by Gasteiger charge is 2.04. The van der Waals surface area contributed by atoms with Crippen LogP contribution in [0.25, 0.3) is 0 Å². The van der Waals surface area contributed by atoms with Gasteiger partial charge in [-0.2, -0.15) is 0 Å². The van der Waals surface area contributed by atoms with E-state index in [-0.39, 0.29) is 29.8 Å². The number of thiazole rings is 1. The third-order valence-corrected chi connectivity index (χ3v) is 4.49. The first-order valence-electron chi connectivity index (χ1n) is 7.78. The molecule has 1 heterocycles. The van der Waals surface area contributed by atoms with E-state index in [1.165, 1.54) is 10.9 Å². The fourth-order valence-corrected chi connectivity index (χ4v) is 2.97. The molecule has 2 rings (SSSR count). The Morgan fingerprint density at radius 2 is 2.00 bits per heavy atom. The fraction of sp³-hybridized carbons (Fsp3) is 0.412. The maximum atomic E-state index is 13.6. The van der Waals surface area contributed by atoms with Gasteiger partial charge in [-0.05, 0) is 38.8 Å². The number of aliphatic imine (C=N–C) groups is 1. The molecule has 2 aromatic rings. The monoisotopic (exact) mass is 462 g/mol. The van der Waals surface area contributed by atoms with Gasteiger partial charge >= 0.3 is 0 Å². The number of hydrogen-bond donors (Lipinski definition) is 2. The lowest BCUT2D eigenvalue weighted by Gasteiger charge is -2.11. The van der Waals surface area contributed by atoms with Crippen molar-refractivity contribution in [1.29, 1.82) is 0 Å². The number of rotatable bonds is 6. The van der Waals surface area contributed by atoms with Crippen molar-refractivity contribution in [3.63, 3.8) is 0 Å². The predicted octanol–water partition coefficient (Wildman–Crippen LogP) is 3.81. The third kappa shape index (κ3) is 6.35. The molecule has 0 radical (unpaired) electrons. The molecule has 24 heavy (non-hydrogen) atoms. The standard InChI is InChI=1S/C17H23FN4S.HI/c1-4-19-17(21-11-16-22-12(2)13(3)23-16)20-10-9-14-7-5-6-8-15(14)18;/h5-8H,4,9-11H2,1-3H3,(H2,19,20,21);1H. The van der Waals surface area contributed by atoms with Crippen molar-refractivity contribution in [1.82, 2.24) is 15.6 Å². The summed E-state index contributed by atoms with van der Waals surface area (Å²) in [6, 6.07) is 6.85. The van der Waals surface area contributed by atoms with Gasteiger partial charge in [-0.25, -0.2) is 14.4 Å². The Balaban J connectivity index is 0.00000288. The molecule has 2 N–H and O–H groups in total. The number of guanidine groups is 1. The van der Waals surface area contributed by atoms with Gasteiger partial charge in [0.05, 0.1) is 12.2 Å². The molecular weight excluding hydrogens is 438 g/mol. The summed E-state index contributed by atoms with van der Waals surface area (Å²) in [6.07, 6.45) is 0.618. The molecule has 0 saturated carbocycles. The second-order valence-electron chi connectivity index (χ2n) is 5.21. The molecule has 0 unspecified atom stereocenters. The van der Waals surface area contributed by atoms with E-state index in [1.807, 2.05) is 26.0 Å². The van der Waals surface area contributed by atoms with Gasteiger partial charge in [0.25, 0.3) is 0 Å². The second kappa shape index (κ2) is 10.6. The third-order valence-electron chi connectivity index (χ3n) is 3.43. The number of hydrogen-bond acceptors (Lipinski definition) is 3. The topological polar surface area (TPSA) is 49.3 Å². The van der Waals surface area contributed by atoms with Crippen LogP contribution >= 0.6 is 35.3 Å². The Kier molecular flexibility index (Phi) is 9.20. The minimum Gasteiger partial charge on any atom is -0.357 e. The zero-order valence-electron chi connectivity index (χ0n) is 14.2. The highest BCUT2D eigenvalue weighted by Crippen LogP contribution is 2.16. The predicted molar refractivity (Wildman–Crippen MR) is 110 cm³/mol. The Labute approximate surface area is 164 Å². The normalized spacial score (nSPS) is 11.1. The molecule has 0 aliphatic carbocycles. The Morgan fingerprint density at radius 3 is 2.62 bits per heavy atom. The van der Waals surface area contributed by atoms with Crippen molar-refractivity contribution in [3.05, 3.63) is 51.2 Å². The van der Waals surface area contributed by atoms with Gasteiger partial charge in [0.15, 0.2) is 5.96 Å². The van der Waals surface area contributed by atoms with Gasteiger partial charge in [-0.3, -0.25) is 0 Å². The van der Waals surface area contributed by atoms with E-state index in [0.29, 0.717) is 25.1 Å². The van der Waals surface area contributed by atoms with Gasteiger partial charge < -0.3 is 10.6 Å². The van der Waals surface area contributed by atoms with Crippen LogP contribution in [-0.2, 0) is 13.0 Å². The zero-order chi connectivity index (χ0) is 16.7. The van der Waals surface area contributed by atoms with Crippen molar-refractivity contribution in [2.75, 3.05) is 13.1 Å². The van der Waals surface area contributed by atoms with Crippen LogP contribution in [0, 0.1) is 19.7 Å². The van der Waals surface area contributed by atoms with E-state index in [2.05, 4.69) is 27.5 Å². The van der Waals surface area contributed by atoms with E-state index in [0.717, 1.165) is 23.2 Å². The lowest BCUT2D eigenvalue weighted by Crippen LogP contribution is -2.38. The number of benzene rings is 1. The average molecular weight is 462 g/mol. The summed E-state index contributed by atoms with van der Waals surface area (Å²) in [5.41, 5.74) is 1.78. The molecule has 4 nitrogen and oxygen atoms in total. The van der Waals surface area contributed by atoms with E-state index in [1.54, 1.807) is 17.4 Å². The molecule has 0 aliphatic heterocycles. The minimum absolute atomic E-state index is 0. The summed E-state index contributed by atoms with van der Waals surface area (Å²) in [7, 11) is 0. The molecule has 1 aromatic heterocycles. The SMILES string of the molecule is CCNC(=NCc1nc(C)c(C)s1)NCCc1ccccc1F.I. The first kappa shape index (κ1) is 20.8. The van der Waals surface area contributed by atoms with Gasteiger partial charge in [-0.15, -0.1) is 35.3 Å². The van der Waals surface area contributed by atoms with Crippen molar-refractivity contribution in [3.8, 4) is 0 Å². The molecule has 0 saturated heterocycles. The second-order valence-corrected chi connectivity index (χ2v) is 6.50. The first-order chi connectivity index (χ1) is 11.1. The van der Waals surface area contributed by atoms with Crippen molar-refractivity contribution in [2.24, 2.45) is 4.99 Å². The zero-order valence-corrected chi connectivity index (χ0v) is 17.4. The molecule has 1 aromatic carbocycles. The number of aryl methyl sites for hydroxylation is 2. The number of nitrogens with zero attached hydrogens (tertiary/aromatic N) is 2. The molecule has 0 amide bonds. The quantitative estimate of drug-likeness (QED) is 0.390. The molecule has 7 heteroatoms. The fourth-order valence-electron chi connectivity index (χ4n) is 2.11. The van der Waals surface area contributed by atoms with Crippen molar-refractivity contribution in [2.45, 2.75) is 33.7 Å². The van der Waals surface area contributed by atoms with Gasteiger partial charge in [0.2, 0.25) is 0 Å². The van der Waals surface area contributed by atoms with Gasteiger partial charge in [-0.1, -0.05) is 18.2 Å². The van der Waals surface area contributed by atoms with E-state index < -0.39 is 0 Å². The molecular formula is C17H24FIN4S. The lowest BCUT2D eigenvalue weighted by atomic mass is 10.1. The van der Waals surface area contributed by atoms with Crippen LogP contribution in [0.3, 0.4) is 0 Å². The first-order valence-corrected chi connectivity index (χ1v) is 8.60. The average Bonchev–Trinajstić information content (AvgIpc) is 2.85. The van der Waals surface area contributed by atoms with Crippen molar-refractivity contribution >= 4 is 41.3 Å². The maximum Gasteiger partial charge on any atom is 0.191 e. The van der Waals surface area contributed by atoms with Crippen molar-refractivity contribution < 1.29 is 4.39 Å². The number of aromatic nitrogens is 1. The van der Waals surface area contributed by atoms with Crippen LogP contribution in [0.5, 0.6) is 0 Å².